The molecule has 0 aromatic rings. The lowest BCUT2D eigenvalue weighted by atomic mass is 10.2. The van der Waals surface area contributed by atoms with Crippen LogP contribution in [0.4, 0.5) is 0 Å². The van der Waals surface area contributed by atoms with Crippen molar-refractivity contribution in [2.45, 2.75) is 45.8 Å². The van der Waals surface area contributed by atoms with E-state index in [0.717, 1.165) is 0 Å². The van der Waals surface area contributed by atoms with Gasteiger partial charge in [-0.05, 0) is 12.8 Å². The van der Waals surface area contributed by atoms with Gasteiger partial charge in [0.15, 0.2) is 0 Å². The third-order valence-electron chi connectivity index (χ3n) is 2.37. The first-order valence-electron chi connectivity index (χ1n) is 6.11. The molecule has 0 radical (unpaired) electrons. The fourth-order valence-electron chi connectivity index (χ4n) is 1.09. The highest BCUT2D eigenvalue weighted by molar-refractivity contribution is 4.54. The molecule has 2 unspecified atom stereocenters. The summed E-state index contributed by atoms with van der Waals surface area (Å²) in [6, 6.07) is 0. The Morgan fingerprint density at radius 2 is 1.19 bits per heavy atom. The number of hydrogen-bond acceptors (Lipinski definition) is 4. The summed E-state index contributed by atoms with van der Waals surface area (Å²) in [6.45, 7) is 7.81. The molecular weight excluding hydrogens is 208 g/mol. The summed E-state index contributed by atoms with van der Waals surface area (Å²) in [5.41, 5.74) is 0. The maximum atomic E-state index is 9.26. The van der Waals surface area contributed by atoms with Gasteiger partial charge in [-0.3, -0.25) is 0 Å². The van der Waals surface area contributed by atoms with Gasteiger partial charge in [0.2, 0.25) is 0 Å². The maximum Gasteiger partial charge on any atom is 0.0771 e. The number of hydrogen-bond donors (Lipinski definition) is 2. The van der Waals surface area contributed by atoms with E-state index in [1.165, 1.54) is 0 Å². The Labute approximate surface area is 98.6 Å². The normalized spacial score (nSPS) is 17.1. The molecule has 0 fully saturated rings. The second-order valence-corrected chi connectivity index (χ2v) is 4.30. The topological polar surface area (TPSA) is 58.9 Å². The van der Waals surface area contributed by atoms with Crippen molar-refractivity contribution in [3.8, 4) is 0 Å². The van der Waals surface area contributed by atoms with Crippen molar-refractivity contribution in [1.82, 2.24) is 0 Å². The van der Waals surface area contributed by atoms with E-state index in [1.807, 2.05) is 20.8 Å². The van der Waals surface area contributed by atoms with Gasteiger partial charge < -0.3 is 19.7 Å². The van der Waals surface area contributed by atoms with E-state index in [0.29, 0.717) is 39.3 Å². The summed E-state index contributed by atoms with van der Waals surface area (Å²) >= 11 is 0. The fraction of sp³-hybridized carbons (Fsp3) is 1.00. The van der Waals surface area contributed by atoms with Crippen LogP contribution >= 0.6 is 0 Å². The first-order valence-corrected chi connectivity index (χ1v) is 6.11. The molecule has 0 spiro atoms. The van der Waals surface area contributed by atoms with Gasteiger partial charge in [0.25, 0.3) is 0 Å². The van der Waals surface area contributed by atoms with Crippen molar-refractivity contribution in [3.05, 3.63) is 0 Å². The minimum absolute atomic E-state index is 0.285. The van der Waals surface area contributed by atoms with E-state index in [9.17, 15) is 10.2 Å². The summed E-state index contributed by atoms with van der Waals surface area (Å²) in [5.74, 6) is 0.285. The van der Waals surface area contributed by atoms with Gasteiger partial charge in [-0.1, -0.05) is 20.8 Å². The minimum atomic E-state index is -0.366. The average molecular weight is 234 g/mol. The molecule has 2 atom stereocenters. The van der Waals surface area contributed by atoms with E-state index in [4.69, 9.17) is 9.47 Å². The van der Waals surface area contributed by atoms with Crippen LogP contribution in [-0.4, -0.2) is 48.8 Å². The predicted octanol–water partition coefficient (Wildman–Crippen LogP) is 1.20. The zero-order valence-electron chi connectivity index (χ0n) is 10.7. The van der Waals surface area contributed by atoms with E-state index >= 15 is 0 Å². The molecule has 2 N–H and O–H groups in total. The fourth-order valence-corrected chi connectivity index (χ4v) is 1.09. The van der Waals surface area contributed by atoms with Gasteiger partial charge in [0.05, 0.1) is 38.6 Å². The monoisotopic (exact) mass is 234 g/mol. The summed E-state index contributed by atoms with van der Waals surface area (Å²) in [4.78, 5) is 0. The van der Waals surface area contributed by atoms with E-state index < -0.39 is 0 Å². The molecule has 16 heavy (non-hydrogen) atoms. The summed E-state index contributed by atoms with van der Waals surface area (Å²) < 4.78 is 10.7. The largest absolute Gasteiger partial charge is 0.391 e. The third kappa shape index (κ3) is 9.09. The molecule has 0 saturated heterocycles. The molecule has 0 rings (SSSR count). The van der Waals surface area contributed by atoms with Gasteiger partial charge in [0.1, 0.15) is 0 Å². The van der Waals surface area contributed by atoms with Crippen molar-refractivity contribution in [3.63, 3.8) is 0 Å². The van der Waals surface area contributed by atoms with E-state index in [1.54, 1.807) is 0 Å². The molecule has 0 saturated carbocycles. The third-order valence-corrected chi connectivity index (χ3v) is 2.37. The molecule has 4 nitrogen and oxygen atoms in total. The zero-order chi connectivity index (χ0) is 12.4. The van der Waals surface area contributed by atoms with Crippen LogP contribution in [0.5, 0.6) is 0 Å². The SMILES string of the molecule is CCC(O)COCC(C)COCC(O)CC. The molecule has 0 heterocycles. The Morgan fingerprint density at radius 1 is 0.812 bits per heavy atom. The lowest BCUT2D eigenvalue weighted by molar-refractivity contribution is -0.0142. The Kier molecular flexibility index (Phi) is 9.92. The highest BCUT2D eigenvalue weighted by Crippen LogP contribution is 2.00. The summed E-state index contributed by atoms with van der Waals surface area (Å²) in [6.07, 6.45) is 0.700. The molecule has 0 aliphatic rings. The molecule has 0 aromatic heterocycles. The first-order chi connectivity index (χ1) is 7.60. The van der Waals surface area contributed by atoms with Crippen LogP contribution in [0.25, 0.3) is 0 Å². The lowest BCUT2D eigenvalue weighted by Gasteiger charge is -2.15. The molecule has 0 amide bonds. The second kappa shape index (κ2) is 10.0. The van der Waals surface area contributed by atoms with Gasteiger partial charge in [-0.25, -0.2) is 0 Å². The van der Waals surface area contributed by atoms with Gasteiger partial charge >= 0.3 is 0 Å². The van der Waals surface area contributed by atoms with Crippen molar-refractivity contribution in [2.24, 2.45) is 5.92 Å². The number of rotatable bonds is 10. The van der Waals surface area contributed by atoms with Crippen LogP contribution in [0.15, 0.2) is 0 Å². The van der Waals surface area contributed by atoms with E-state index in [-0.39, 0.29) is 18.1 Å². The zero-order valence-corrected chi connectivity index (χ0v) is 10.7. The Bertz CT molecular complexity index is 136. The highest BCUT2D eigenvalue weighted by atomic mass is 16.5. The van der Waals surface area contributed by atoms with Crippen LogP contribution < -0.4 is 0 Å². The smallest absolute Gasteiger partial charge is 0.0771 e. The van der Waals surface area contributed by atoms with Crippen LogP contribution in [0, 0.1) is 5.92 Å². The molecule has 4 heteroatoms. The van der Waals surface area contributed by atoms with Crippen molar-refractivity contribution in [1.29, 1.82) is 0 Å². The molecule has 0 bridgehead atoms. The molecule has 98 valence electrons. The van der Waals surface area contributed by atoms with Gasteiger partial charge in [0, 0.05) is 5.92 Å². The van der Waals surface area contributed by atoms with Gasteiger partial charge in [-0.2, -0.15) is 0 Å². The summed E-state index contributed by atoms with van der Waals surface area (Å²) in [7, 11) is 0. The van der Waals surface area contributed by atoms with Crippen molar-refractivity contribution in [2.75, 3.05) is 26.4 Å². The minimum Gasteiger partial charge on any atom is -0.391 e. The highest BCUT2D eigenvalue weighted by Gasteiger charge is 2.07. The molecule has 0 aliphatic heterocycles. The molecule has 0 aromatic carbocycles. The number of aliphatic hydroxyl groups excluding tert-OH is 2. The van der Waals surface area contributed by atoms with E-state index in [2.05, 4.69) is 0 Å². The average Bonchev–Trinajstić information content (AvgIpc) is 2.28. The standard InChI is InChI=1S/C12H26O4/c1-4-11(13)8-15-6-10(3)7-16-9-12(14)5-2/h10-14H,4-9H2,1-3H3. The summed E-state index contributed by atoms with van der Waals surface area (Å²) in [5, 5.41) is 18.5. The Balaban J connectivity index is 3.34. The quantitative estimate of drug-likeness (QED) is 0.596. The predicted molar refractivity (Wildman–Crippen MR) is 63.4 cm³/mol. The van der Waals surface area contributed by atoms with Crippen molar-refractivity contribution < 1.29 is 19.7 Å². The Hall–Kier alpha value is -0.160. The lowest BCUT2D eigenvalue weighted by Crippen LogP contribution is -2.21. The van der Waals surface area contributed by atoms with Crippen LogP contribution in [0.3, 0.4) is 0 Å². The number of aliphatic hydroxyl groups is 2. The van der Waals surface area contributed by atoms with Crippen molar-refractivity contribution >= 4 is 0 Å². The second-order valence-electron chi connectivity index (χ2n) is 4.30. The van der Waals surface area contributed by atoms with Crippen LogP contribution in [0.2, 0.25) is 0 Å². The maximum absolute atomic E-state index is 9.26. The van der Waals surface area contributed by atoms with Crippen LogP contribution in [0.1, 0.15) is 33.6 Å². The molecule has 0 aliphatic carbocycles. The molecular formula is C12H26O4. The van der Waals surface area contributed by atoms with Gasteiger partial charge in [-0.15, -0.1) is 0 Å². The number of ether oxygens (including phenoxy) is 2. The first kappa shape index (κ1) is 15.8. The van der Waals surface area contributed by atoms with Crippen LogP contribution in [-0.2, 0) is 9.47 Å². The Morgan fingerprint density at radius 3 is 1.50 bits per heavy atom.